The van der Waals surface area contributed by atoms with Crippen molar-refractivity contribution < 1.29 is 17.9 Å². The third-order valence-corrected chi connectivity index (χ3v) is 5.90. The molecule has 0 radical (unpaired) electrons. The van der Waals surface area contributed by atoms with Crippen LogP contribution in [0.5, 0.6) is 0 Å². The van der Waals surface area contributed by atoms with Crippen molar-refractivity contribution in [2.75, 3.05) is 50.0 Å². The Bertz CT molecular complexity index is 706. The molecule has 1 heterocycles. The predicted octanol–water partition coefficient (Wildman–Crippen LogP) is 1.72. The normalized spacial score (nSPS) is 16.7. The lowest BCUT2D eigenvalue weighted by Crippen LogP contribution is -2.49. The molecule has 0 spiro atoms. The summed E-state index contributed by atoms with van der Waals surface area (Å²) in [5.41, 5.74) is 0.428. The Labute approximate surface area is 166 Å². The maximum atomic E-state index is 12.7. The van der Waals surface area contributed by atoms with E-state index < -0.39 is 16.1 Å². The molecule has 9 heteroatoms. The number of nitrogens with zero attached hydrogens (tertiary/aromatic N) is 2. The molecule has 0 aromatic heterocycles. The van der Waals surface area contributed by atoms with E-state index in [1.807, 2.05) is 0 Å². The van der Waals surface area contributed by atoms with Crippen molar-refractivity contribution in [1.82, 2.24) is 10.2 Å². The van der Waals surface area contributed by atoms with Crippen LogP contribution in [-0.4, -0.2) is 70.9 Å². The van der Waals surface area contributed by atoms with Crippen LogP contribution in [-0.2, 0) is 19.6 Å². The molecule has 27 heavy (non-hydrogen) atoms. The first-order valence-corrected chi connectivity index (χ1v) is 11.4. The molecular formula is C18H28ClN3O4S. The Morgan fingerprint density at radius 3 is 2.48 bits per heavy atom. The van der Waals surface area contributed by atoms with Crippen LogP contribution in [0.15, 0.2) is 24.3 Å². The first kappa shape index (κ1) is 21.9. The van der Waals surface area contributed by atoms with Crippen molar-refractivity contribution in [2.24, 2.45) is 0 Å². The number of nitrogens with one attached hydrogen (secondary N) is 1. The monoisotopic (exact) mass is 417 g/mol. The van der Waals surface area contributed by atoms with E-state index in [-0.39, 0.29) is 5.91 Å². The number of hydrogen-bond acceptors (Lipinski definition) is 5. The van der Waals surface area contributed by atoms with Crippen LogP contribution in [0.3, 0.4) is 0 Å². The summed E-state index contributed by atoms with van der Waals surface area (Å²) in [4.78, 5) is 15.0. The van der Waals surface area contributed by atoms with Crippen LogP contribution in [0.25, 0.3) is 0 Å². The number of anilines is 1. The first-order valence-electron chi connectivity index (χ1n) is 9.15. The van der Waals surface area contributed by atoms with Crippen LogP contribution in [0.1, 0.15) is 19.8 Å². The molecular weight excluding hydrogens is 390 g/mol. The summed E-state index contributed by atoms with van der Waals surface area (Å²) < 4.78 is 31.2. The number of ether oxygens (including phenoxy) is 1. The highest BCUT2D eigenvalue weighted by atomic mass is 35.5. The molecule has 0 saturated carbocycles. The summed E-state index contributed by atoms with van der Waals surface area (Å²) in [6.45, 7) is 6.49. The van der Waals surface area contributed by atoms with Crippen molar-refractivity contribution in [3.63, 3.8) is 0 Å². The van der Waals surface area contributed by atoms with Gasteiger partial charge in [-0.1, -0.05) is 18.5 Å². The number of hydrogen-bond donors (Lipinski definition) is 1. The summed E-state index contributed by atoms with van der Waals surface area (Å²) in [5, 5.41) is 3.39. The average Bonchev–Trinajstić information content (AvgIpc) is 2.64. The van der Waals surface area contributed by atoms with E-state index >= 15 is 0 Å². The molecule has 0 bridgehead atoms. The van der Waals surface area contributed by atoms with E-state index in [1.54, 1.807) is 31.2 Å². The van der Waals surface area contributed by atoms with E-state index in [0.717, 1.165) is 45.5 Å². The number of sulfonamides is 1. The standard InChI is InChI=1S/C18H28ClN3O4S/c1-3-17(18(23)20-9-4-10-21-11-13-26-14-12-21)22(27(2,24)25)16-7-5-15(19)6-8-16/h5-8,17H,3-4,9-14H2,1-2H3,(H,20,23). The molecule has 0 aliphatic carbocycles. The van der Waals surface area contributed by atoms with Gasteiger partial charge in [-0.15, -0.1) is 0 Å². The average molecular weight is 418 g/mol. The molecule has 1 fully saturated rings. The van der Waals surface area contributed by atoms with Crippen molar-refractivity contribution in [3.8, 4) is 0 Å². The lowest BCUT2D eigenvalue weighted by Gasteiger charge is -2.30. The topological polar surface area (TPSA) is 79.0 Å². The second kappa shape index (κ2) is 10.3. The second-order valence-corrected chi connectivity index (χ2v) is 8.85. The van der Waals surface area contributed by atoms with E-state index in [9.17, 15) is 13.2 Å². The Morgan fingerprint density at radius 2 is 1.93 bits per heavy atom. The molecule has 1 aromatic rings. The van der Waals surface area contributed by atoms with Gasteiger partial charge in [0.15, 0.2) is 0 Å². The van der Waals surface area contributed by atoms with Crippen LogP contribution < -0.4 is 9.62 Å². The van der Waals surface area contributed by atoms with E-state index in [0.29, 0.717) is 23.7 Å². The molecule has 1 saturated heterocycles. The highest BCUT2D eigenvalue weighted by Crippen LogP contribution is 2.24. The number of carbonyl (C=O) groups excluding carboxylic acids is 1. The van der Waals surface area contributed by atoms with Gasteiger partial charge in [-0.3, -0.25) is 14.0 Å². The summed E-state index contributed by atoms with van der Waals surface area (Å²) in [6.07, 6.45) is 2.28. The molecule has 152 valence electrons. The molecule has 2 rings (SSSR count). The van der Waals surface area contributed by atoms with Crippen LogP contribution in [0.2, 0.25) is 5.02 Å². The summed E-state index contributed by atoms with van der Waals surface area (Å²) >= 11 is 5.90. The highest BCUT2D eigenvalue weighted by Gasteiger charge is 2.31. The second-order valence-electron chi connectivity index (χ2n) is 6.56. The summed E-state index contributed by atoms with van der Waals surface area (Å²) in [7, 11) is -3.63. The number of amides is 1. The molecule has 1 N–H and O–H groups in total. The zero-order chi connectivity index (χ0) is 19.9. The van der Waals surface area contributed by atoms with Crippen molar-refractivity contribution >= 4 is 33.2 Å². The molecule has 1 aliphatic rings. The van der Waals surface area contributed by atoms with Gasteiger partial charge in [-0.05, 0) is 43.7 Å². The van der Waals surface area contributed by atoms with Gasteiger partial charge in [0.05, 0.1) is 25.2 Å². The molecule has 1 aliphatic heterocycles. The molecule has 7 nitrogen and oxygen atoms in total. The number of rotatable bonds is 9. The molecule has 1 atom stereocenters. The Kier molecular flexibility index (Phi) is 8.34. The van der Waals surface area contributed by atoms with Gasteiger partial charge in [0, 0.05) is 24.7 Å². The van der Waals surface area contributed by atoms with Crippen molar-refractivity contribution in [3.05, 3.63) is 29.3 Å². The quantitative estimate of drug-likeness (QED) is 0.619. The smallest absolute Gasteiger partial charge is 0.243 e. The highest BCUT2D eigenvalue weighted by molar-refractivity contribution is 7.92. The van der Waals surface area contributed by atoms with Gasteiger partial charge in [0.1, 0.15) is 6.04 Å². The number of benzene rings is 1. The third-order valence-electron chi connectivity index (χ3n) is 4.46. The SMILES string of the molecule is CCC(C(=O)NCCCN1CCOCC1)N(c1ccc(Cl)cc1)S(C)(=O)=O. The van der Waals surface area contributed by atoms with Crippen LogP contribution in [0, 0.1) is 0 Å². The lowest BCUT2D eigenvalue weighted by atomic mass is 10.2. The van der Waals surface area contributed by atoms with E-state index in [4.69, 9.17) is 16.3 Å². The fraction of sp³-hybridized carbons (Fsp3) is 0.611. The minimum absolute atomic E-state index is 0.292. The number of halogens is 1. The maximum absolute atomic E-state index is 12.7. The van der Waals surface area contributed by atoms with E-state index in [2.05, 4.69) is 10.2 Å². The minimum Gasteiger partial charge on any atom is -0.379 e. The van der Waals surface area contributed by atoms with Gasteiger partial charge >= 0.3 is 0 Å². The predicted molar refractivity (Wildman–Crippen MR) is 108 cm³/mol. The molecule has 1 aromatic carbocycles. The largest absolute Gasteiger partial charge is 0.379 e. The first-order chi connectivity index (χ1) is 12.8. The fourth-order valence-corrected chi connectivity index (χ4v) is 4.44. The zero-order valence-electron chi connectivity index (χ0n) is 15.9. The lowest BCUT2D eigenvalue weighted by molar-refractivity contribution is -0.122. The summed E-state index contributed by atoms with van der Waals surface area (Å²) in [5.74, 6) is -0.292. The van der Waals surface area contributed by atoms with Gasteiger partial charge in [-0.25, -0.2) is 8.42 Å². The Hall–Kier alpha value is -1.35. The number of morpholine rings is 1. The van der Waals surface area contributed by atoms with E-state index in [1.165, 1.54) is 4.31 Å². The van der Waals surface area contributed by atoms with Crippen LogP contribution in [0.4, 0.5) is 5.69 Å². The number of carbonyl (C=O) groups is 1. The Morgan fingerprint density at radius 1 is 1.30 bits per heavy atom. The van der Waals surface area contributed by atoms with Gasteiger partial charge < -0.3 is 10.1 Å². The molecule has 1 unspecified atom stereocenters. The Balaban J connectivity index is 1.98. The van der Waals surface area contributed by atoms with Crippen LogP contribution >= 0.6 is 11.6 Å². The zero-order valence-corrected chi connectivity index (χ0v) is 17.4. The van der Waals surface area contributed by atoms with Gasteiger partial charge in [0.2, 0.25) is 15.9 Å². The van der Waals surface area contributed by atoms with Crippen molar-refractivity contribution in [2.45, 2.75) is 25.8 Å². The van der Waals surface area contributed by atoms with Gasteiger partial charge in [-0.2, -0.15) is 0 Å². The fourth-order valence-electron chi connectivity index (χ4n) is 3.11. The van der Waals surface area contributed by atoms with Crippen molar-refractivity contribution in [1.29, 1.82) is 0 Å². The summed E-state index contributed by atoms with van der Waals surface area (Å²) in [6, 6.07) is 5.64. The third kappa shape index (κ3) is 6.64. The maximum Gasteiger partial charge on any atom is 0.243 e. The molecule has 1 amide bonds. The minimum atomic E-state index is -3.63. The van der Waals surface area contributed by atoms with Gasteiger partial charge in [0.25, 0.3) is 0 Å².